The van der Waals surface area contributed by atoms with Gasteiger partial charge in [-0.3, -0.25) is 0 Å². The molecule has 0 atom stereocenters. The number of methoxy groups -OCH3 is 1. The van der Waals surface area contributed by atoms with Gasteiger partial charge in [-0.25, -0.2) is 0 Å². The predicted octanol–water partition coefficient (Wildman–Crippen LogP) is 1.70. The summed E-state index contributed by atoms with van der Waals surface area (Å²) in [5.41, 5.74) is 0. The van der Waals surface area contributed by atoms with E-state index in [9.17, 15) is 0 Å². The molecule has 0 fully saturated rings. The molecule has 0 unspecified atom stereocenters. The Balaban J connectivity index is 2.09. The zero-order valence-electron chi connectivity index (χ0n) is 10.6. The molecule has 0 bridgehead atoms. The molecule has 4 heteroatoms. The molecule has 1 aromatic carbocycles. The summed E-state index contributed by atoms with van der Waals surface area (Å²) < 4.78 is 16.0. The van der Waals surface area contributed by atoms with Crippen LogP contribution in [0.25, 0.3) is 0 Å². The van der Waals surface area contributed by atoms with Gasteiger partial charge in [0.2, 0.25) is 0 Å². The van der Waals surface area contributed by atoms with E-state index in [1.54, 1.807) is 7.11 Å². The van der Waals surface area contributed by atoms with Gasteiger partial charge < -0.3 is 19.5 Å². The van der Waals surface area contributed by atoms with Crippen molar-refractivity contribution >= 4 is 0 Å². The minimum absolute atomic E-state index is 0.555. The summed E-state index contributed by atoms with van der Waals surface area (Å²) in [4.78, 5) is 0. The van der Waals surface area contributed by atoms with E-state index in [0.717, 1.165) is 31.2 Å². The van der Waals surface area contributed by atoms with Crippen LogP contribution in [0.5, 0.6) is 11.5 Å². The molecule has 0 aliphatic rings. The highest BCUT2D eigenvalue weighted by Crippen LogP contribution is 2.18. The van der Waals surface area contributed by atoms with Crippen LogP contribution in [0.4, 0.5) is 0 Å². The van der Waals surface area contributed by atoms with Crippen molar-refractivity contribution in [2.75, 3.05) is 40.0 Å². The maximum atomic E-state index is 5.53. The first kappa shape index (κ1) is 13.8. The maximum Gasteiger partial charge on any atom is 0.123 e. The van der Waals surface area contributed by atoms with Crippen molar-refractivity contribution in [3.63, 3.8) is 0 Å². The van der Waals surface area contributed by atoms with Gasteiger partial charge in [0.05, 0.1) is 20.3 Å². The predicted molar refractivity (Wildman–Crippen MR) is 67.9 cm³/mol. The Hall–Kier alpha value is -1.26. The SMILES string of the molecule is CCNCCOCCOc1cccc(OC)c1. The van der Waals surface area contributed by atoms with E-state index in [4.69, 9.17) is 14.2 Å². The lowest BCUT2D eigenvalue weighted by Crippen LogP contribution is -2.20. The standard InChI is InChI=1S/C13H21NO3/c1-3-14-7-8-16-9-10-17-13-6-4-5-12(11-13)15-2/h4-6,11,14H,3,7-10H2,1-2H3. The number of benzene rings is 1. The van der Waals surface area contributed by atoms with Gasteiger partial charge in [-0.2, -0.15) is 0 Å². The third-order valence-corrected chi connectivity index (χ3v) is 2.21. The molecule has 96 valence electrons. The number of rotatable bonds is 9. The minimum atomic E-state index is 0.555. The Kier molecular flexibility index (Phi) is 7.18. The lowest BCUT2D eigenvalue weighted by molar-refractivity contribution is 0.102. The van der Waals surface area contributed by atoms with Crippen LogP contribution >= 0.6 is 0 Å². The van der Waals surface area contributed by atoms with E-state index >= 15 is 0 Å². The van der Waals surface area contributed by atoms with Crippen molar-refractivity contribution in [1.82, 2.24) is 5.32 Å². The van der Waals surface area contributed by atoms with Crippen LogP contribution in [0.15, 0.2) is 24.3 Å². The number of nitrogens with one attached hydrogen (secondary N) is 1. The van der Waals surface area contributed by atoms with Crippen LogP contribution in [0.1, 0.15) is 6.92 Å². The zero-order chi connectivity index (χ0) is 12.3. The summed E-state index contributed by atoms with van der Waals surface area (Å²) in [6, 6.07) is 7.56. The molecule has 0 amide bonds. The van der Waals surface area contributed by atoms with Crippen LogP contribution in [-0.4, -0.2) is 40.0 Å². The van der Waals surface area contributed by atoms with Crippen molar-refractivity contribution in [1.29, 1.82) is 0 Å². The zero-order valence-corrected chi connectivity index (χ0v) is 10.6. The summed E-state index contributed by atoms with van der Waals surface area (Å²) in [7, 11) is 1.64. The molecule has 1 aromatic rings. The van der Waals surface area contributed by atoms with Crippen LogP contribution in [0, 0.1) is 0 Å². The first-order chi connectivity index (χ1) is 8.36. The molecule has 0 spiro atoms. The van der Waals surface area contributed by atoms with Crippen molar-refractivity contribution in [2.24, 2.45) is 0 Å². The Morgan fingerprint density at radius 3 is 2.71 bits per heavy atom. The normalized spacial score (nSPS) is 10.2. The molecule has 0 aliphatic carbocycles. The molecule has 4 nitrogen and oxygen atoms in total. The quantitative estimate of drug-likeness (QED) is 0.666. The summed E-state index contributed by atoms with van der Waals surface area (Å²) in [6.07, 6.45) is 0. The van der Waals surface area contributed by atoms with Crippen LogP contribution in [0.2, 0.25) is 0 Å². The van der Waals surface area contributed by atoms with Crippen LogP contribution in [0.3, 0.4) is 0 Å². The first-order valence-corrected chi connectivity index (χ1v) is 5.92. The lowest BCUT2D eigenvalue weighted by Gasteiger charge is -2.08. The van der Waals surface area contributed by atoms with E-state index in [0.29, 0.717) is 13.2 Å². The van der Waals surface area contributed by atoms with Crippen molar-refractivity contribution in [3.05, 3.63) is 24.3 Å². The average molecular weight is 239 g/mol. The fraction of sp³-hybridized carbons (Fsp3) is 0.538. The molecule has 0 radical (unpaired) electrons. The Labute approximate surface area is 103 Å². The number of hydrogen-bond donors (Lipinski definition) is 1. The van der Waals surface area contributed by atoms with Gasteiger partial charge >= 0.3 is 0 Å². The van der Waals surface area contributed by atoms with Crippen LogP contribution in [-0.2, 0) is 4.74 Å². The largest absolute Gasteiger partial charge is 0.497 e. The summed E-state index contributed by atoms with van der Waals surface area (Å²) in [5, 5.41) is 3.19. The molecular weight excluding hydrogens is 218 g/mol. The fourth-order valence-electron chi connectivity index (χ4n) is 1.33. The summed E-state index contributed by atoms with van der Waals surface area (Å²) in [5.74, 6) is 1.61. The second-order valence-corrected chi connectivity index (χ2v) is 3.49. The molecule has 1 N–H and O–H groups in total. The molecule has 0 heterocycles. The second-order valence-electron chi connectivity index (χ2n) is 3.49. The topological polar surface area (TPSA) is 39.7 Å². The highest BCUT2D eigenvalue weighted by atomic mass is 16.5. The highest BCUT2D eigenvalue weighted by molar-refractivity contribution is 5.32. The van der Waals surface area contributed by atoms with Gasteiger partial charge in [0.25, 0.3) is 0 Å². The third-order valence-electron chi connectivity index (χ3n) is 2.21. The van der Waals surface area contributed by atoms with Crippen molar-refractivity contribution in [2.45, 2.75) is 6.92 Å². The smallest absolute Gasteiger partial charge is 0.123 e. The van der Waals surface area contributed by atoms with Crippen LogP contribution < -0.4 is 14.8 Å². The van der Waals surface area contributed by atoms with Crippen molar-refractivity contribution < 1.29 is 14.2 Å². The minimum Gasteiger partial charge on any atom is -0.497 e. The number of ether oxygens (including phenoxy) is 3. The molecular formula is C13H21NO3. The average Bonchev–Trinajstić information content (AvgIpc) is 2.38. The Morgan fingerprint density at radius 2 is 1.94 bits per heavy atom. The summed E-state index contributed by atoms with van der Waals surface area (Å²) >= 11 is 0. The van der Waals surface area contributed by atoms with E-state index in [-0.39, 0.29) is 0 Å². The Morgan fingerprint density at radius 1 is 1.12 bits per heavy atom. The molecule has 17 heavy (non-hydrogen) atoms. The lowest BCUT2D eigenvalue weighted by atomic mass is 10.3. The van der Waals surface area contributed by atoms with Gasteiger partial charge in [-0.1, -0.05) is 13.0 Å². The molecule has 1 rings (SSSR count). The first-order valence-electron chi connectivity index (χ1n) is 5.92. The highest BCUT2D eigenvalue weighted by Gasteiger charge is 1.96. The van der Waals surface area contributed by atoms with E-state index in [1.807, 2.05) is 24.3 Å². The maximum absolute atomic E-state index is 5.53. The van der Waals surface area contributed by atoms with E-state index < -0.39 is 0 Å². The molecule has 0 saturated carbocycles. The third kappa shape index (κ3) is 6.14. The van der Waals surface area contributed by atoms with E-state index in [2.05, 4.69) is 12.2 Å². The fourth-order valence-corrected chi connectivity index (χ4v) is 1.33. The molecule has 0 aliphatic heterocycles. The summed E-state index contributed by atoms with van der Waals surface area (Å²) in [6.45, 7) is 5.81. The van der Waals surface area contributed by atoms with Gasteiger partial charge in [0.1, 0.15) is 18.1 Å². The van der Waals surface area contributed by atoms with Gasteiger partial charge in [-0.15, -0.1) is 0 Å². The molecule has 0 aromatic heterocycles. The van der Waals surface area contributed by atoms with E-state index in [1.165, 1.54) is 0 Å². The van der Waals surface area contributed by atoms with Gasteiger partial charge in [0.15, 0.2) is 0 Å². The van der Waals surface area contributed by atoms with Crippen molar-refractivity contribution in [3.8, 4) is 11.5 Å². The monoisotopic (exact) mass is 239 g/mol. The number of hydrogen-bond acceptors (Lipinski definition) is 4. The molecule has 0 saturated heterocycles. The second kappa shape index (κ2) is 8.84. The Bertz CT molecular complexity index is 304. The van der Waals surface area contributed by atoms with Gasteiger partial charge in [-0.05, 0) is 18.7 Å². The number of likely N-dealkylation sites (N-methyl/N-ethyl adjacent to an activating group) is 1. The van der Waals surface area contributed by atoms with Gasteiger partial charge in [0, 0.05) is 12.6 Å².